The number of rotatable bonds is 6. The van der Waals surface area contributed by atoms with E-state index >= 15 is 0 Å². The number of carbonyl (C=O) groups excluding carboxylic acids is 1. The highest BCUT2D eigenvalue weighted by atomic mass is 32.2. The molecular formula is C23H22N2O5S. The summed E-state index contributed by atoms with van der Waals surface area (Å²) in [4.78, 5) is 12.8. The van der Waals surface area contributed by atoms with Gasteiger partial charge in [-0.15, -0.1) is 0 Å². The van der Waals surface area contributed by atoms with Gasteiger partial charge in [0.05, 0.1) is 7.11 Å². The summed E-state index contributed by atoms with van der Waals surface area (Å²) in [6.45, 7) is 3.44. The molecule has 0 aliphatic rings. The molecule has 0 aliphatic carbocycles. The Hall–Kier alpha value is -3.36. The predicted octanol–water partition coefficient (Wildman–Crippen LogP) is 4.53. The van der Waals surface area contributed by atoms with Gasteiger partial charge in [-0.3, -0.25) is 4.79 Å². The Labute approximate surface area is 180 Å². The number of carbonyl (C=O) groups is 1. The Morgan fingerprint density at radius 2 is 1.71 bits per heavy atom. The molecule has 4 rings (SSSR count). The average Bonchev–Trinajstić information content (AvgIpc) is 3.10. The lowest BCUT2D eigenvalue weighted by atomic mass is 10.1. The van der Waals surface area contributed by atoms with Crippen molar-refractivity contribution in [3.05, 3.63) is 66.2 Å². The number of para-hydroxylation sites is 1. The molecule has 3 aromatic carbocycles. The summed E-state index contributed by atoms with van der Waals surface area (Å²) in [6, 6.07) is 17.0. The molecule has 0 spiro atoms. The monoisotopic (exact) mass is 438 g/mol. The van der Waals surface area contributed by atoms with Gasteiger partial charge in [0.2, 0.25) is 10.0 Å². The molecule has 0 fully saturated rings. The van der Waals surface area contributed by atoms with E-state index in [0.717, 1.165) is 21.9 Å². The fourth-order valence-corrected chi connectivity index (χ4v) is 4.85. The molecule has 0 atom stereocenters. The largest absolute Gasteiger partial charge is 0.495 e. The van der Waals surface area contributed by atoms with Gasteiger partial charge in [0, 0.05) is 28.1 Å². The molecule has 8 heteroatoms. The van der Waals surface area contributed by atoms with Crippen LogP contribution in [0.3, 0.4) is 0 Å². The minimum absolute atomic E-state index is 0.0902. The zero-order chi connectivity index (χ0) is 22.2. The smallest absolute Gasteiger partial charge is 0.255 e. The van der Waals surface area contributed by atoms with Crippen molar-refractivity contribution in [2.75, 3.05) is 12.4 Å². The topological polar surface area (TPSA) is 97.6 Å². The Bertz CT molecular complexity index is 1390. The van der Waals surface area contributed by atoms with Gasteiger partial charge in [0.25, 0.3) is 5.91 Å². The molecule has 160 valence electrons. The molecular weight excluding hydrogens is 416 g/mol. The number of anilines is 1. The van der Waals surface area contributed by atoms with Crippen LogP contribution in [0.4, 0.5) is 5.69 Å². The van der Waals surface area contributed by atoms with Crippen molar-refractivity contribution < 1.29 is 22.4 Å². The van der Waals surface area contributed by atoms with Crippen LogP contribution in [-0.2, 0) is 10.0 Å². The molecule has 4 aromatic rings. The summed E-state index contributed by atoms with van der Waals surface area (Å²) in [5, 5.41) is 4.66. The van der Waals surface area contributed by atoms with Crippen LogP contribution in [0.5, 0.6) is 5.75 Å². The van der Waals surface area contributed by atoms with E-state index in [4.69, 9.17) is 9.15 Å². The van der Waals surface area contributed by atoms with E-state index in [9.17, 15) is 13.2 Å². The van der Waals surface area contributed by atoms with Crippen molar-refractivity contribution in [2.24, 2.45) is 0 Å². The number of methoxy groups -OCH3 is 1. The summed E-state index contributed by atoms with van der Waals surface area (Å²) in [5.74, 6) is -0.271. The lowest BCUT2D eigenvalue weighted by Crippen LogP contribution is -2.30. The van der Waals surface area contributed by atoms with E-state index in [0.29, 0.717) is 5.69 Å². The van der Waals surface area contributed by atoms with Crippen molar-refractivity contribution in [3.63, 3.8) is 0 Å². The van der Waals surface area contributed by atoms with Crippen molar-refractivity contribution in [1.29, 1.82) is 0 Å². The van der Waals surface area contributed by atoms with E-state index in [1.165, 1.54) is 25.3 Å². The molecule has 7 nitrogen and oxygen atoms in total. The minimum Gasteiger partial charge on any atom is -0.495 e. The number of hydrogen-bond donors (Lipinski definition) is 2. The van der Waals surface area contributed by atoms with Crippen LogP contribution >= 0.6 is 0 Å². The third-order valence-electron chi connectivity index (χ3n) is 4.74. The number of furan rings is 1. The second kappa shape index (κ2) is 8.05. The average molecular weight is 439 g/mol. The molecule has 0 bridgehead atoms. The highest BCUT2D eigenvalue weighted by Gasteiger charge is 2.22. The first-order valence-corrected chi connectivity index (χ1v) is 11.2. The van der Waals surface area contributed by atoms with E-state index in [1.54, 1.807) is 26.0 Å². The third-order valence-corrected chi connectivity index (χ3v) is 6.42. The van der Waals surface area contributed by atoms with Gasteiger partial charge < -0.3 is 14.5 Å². The molecule has 0 radical (unpaired) electrons. The maximum absolute atomic E-state index is 12.9. The van der Waals surface area contributed by atoms with Crippen LogP contribution < -0.4 is 14.8 Å². The van der Waals surface area contributed by atoms with Crippen LogP contribution in [0.2, 0.25) is 0 Å². The van der Waals surface area contributed by atoms with Crippen molar-refractivity contribution in [1.82, 2.24) is 4.72 Å². The highest BCUT2D eigenvalue weighted by molar-refractivity contribution is 7.89. The first-order valence-electron chi connectivity index (χ1n) is 9.71. The number of hydrogen-bond acceptors (Lipinski definition) is 5. The maximum atomic E-state index is 12.9. The zero-order valence-electron chi connectivity index (χ0n) is 17.3. The first kappa shape index (κ1) is 20.9. The lowest BCUT2D eigenvalue weighted by Gasteiger charge is -2.14. The number of fused-ring (bicyclic) bond motifs is 3. The molecule has 0 aliphatic heterocycles. The van der Waals surface area contributed by atoms with Crippen LogP contribution in [0.1, 0.15) is 24.2 Å². The summed E-state index contributed by atoms with van der Waals surface area (Å²) >= 11 is 0. The minimum atomic E-state index is -3.84. The van der Waals surface area contributed by atoms with Gasteiger partial charge in [-0.2, -0.15) is 0 Å². The van der Waals surface area contributed by atoms with Gasteiger partial charge in [-0.1, -0.05) is 18.2 Å². The van der Waals surface area contributed by atoms with Gasteiger partial charge >= 0.3 is 0 Å². The van der Waals surface area contributed by atoms with Crippen molar-refractivity contribution in [2.45, 2.75) is 24.8 Å². The Balaban J connectivity index is 1.67. The highest BCUT2D eigenvalue weighted by Crippen LogP contribution is 2.31. The standard InChI is InChI=1S/C23H22N2O5S/c1-14(2)25-31(27,28)22-12-15(8-10-21(22)29-3)23(26)24-16-9-11-20-18(13-16)17-6-4-5-7-19(17)30-20/h4-14,25H,1-3H3,(H,24,26). The molecule has 2 N–H and O–H groups in total. The van der Waals surface area contributed by atoms with E-state index in [2.05, 4.69) is 10.0 Å². The van der Waals surface area contributed by atoms with Gasteiger partial charge in [-0.05, 0) is 56.3 Å². The van der Waals surface area contributed by atoms with Crippen molar-refractivity contribution >= 4 is 43.6 Å². The first-order chi connectivity index (χ1) is 14.8. The number of benzene rings is 3. The summed E-state index contributed by atoms with van der Waals surface area (Å²) in [7, 11) is -2.46. The summed E-state index contributed by atoms with van der Waals surface area (Å²) < 4.78 is 38.8. The van der Waals surface area contributed by atoms with Gasteiger partial charge in [0.15, 0.2) is 0 Å². The van der Waals surface area contributed by atoms with Crippen molar-refractivity contribution in [3.8, 4) is 5.75 Å². The van der Waals surface area contributed by atoms with E-state index in [-0.39, 0.29) is 22.3 Å². The molecule has 0 saturated carbocycles. The molecule has 0 unspecified atom stereocenters. The lowest BCUT2D eigenvalue weighted by molar-refractivity contribution is 0.102. The second-order valence-electron chi connectivity index (χ2n) is 7.40. The fourth-order valence-electron chi connectivity index (χ4n) is 3.41. The van der Waals surface area contributed by atoms with Crippen LogP contribution in [0.15, 0.2) is 70.0 Å². The molecule has 1 amide bonds. The third kappa shape index (κ3) is 4.12. The number of sulfonamides is 1. The molecule has 1 heterocycles. The summed E-state index contributed by atoms with van der Waals surface area (Å²) in [5.41, 5.74) is 2.26. The quantitative estimate of drug-likeness (QED) is 0.461. The normalized spacial score (nSPS) is 11.9. The fraction of sp³-hybridized carbons (Fsp3) is 0.174. The predicted molar refractivity (Wildman–Crippen MR) is 120 cm³/mol. The summed E-state index contributed by atoms with van der Waals surface area (Å²) in [6.07, 6.45) is 0. The molecule has 0 saturated heterocycles. The molecule has 1 aromatic heterocycles. The molecule has 31 heavy (non-hydrogen) atoms. The van der Waals surface area contributed by atoms with Crippen LogP contribution in [-0.4, -0.2) is 27.5 Å². The van der Waals surface area contributed by atoms with Gasteiger partial charge in [0.1, 0.15) is 21.8 Å². The van der Waals surface area contributed by atoms with Crippen LogP contribution in [0, 0.1) is 0 Å². The van der Waals surface area contributed by atoms with E-state index < -0.39 is 15.9 Å². The SMILES string of the molecule is COc1ccc(C(=O)Nc2ccc3oc4ccccc4c3c2)cc1S(=O)(=O)NC(C)C. The number of amides is 1. The zero-order valence-corrected chi connectivity index (χ0v) is 18.1. The Morgan fingerprint density at radius 1 is 0.968 bits per heavy atom. The number of ether oxygens (including phenoxy) is 1. The Kier molecular flexibility index (Phi) is 5.43. The Morgan fingerprint density at radius 3 is 2.45 bits per heavy atom. The van der Waals surface area contributed by atoms with Gasteiger partial charge in [-0.25, -0.2) is 13.1 Å². The maximum Gasteiger partial charge on any atom is 0.255 e. The number of nitrogens with one attached hydrogen (secondary N) is 2. The van der Waals surface area contributed by atoms with E-state index in [1.807, 2.05) is 30.3 Å². The van der Waals surface area contributed by atoms with Crippen LogP contribution in [0.25, 0.3) is 21.9 Å². The second-order valence-corrected chi connectivity index (χ2v) is 9.09.